The number of nitrogens with one attached hydrogen (secondary N) is 2. The van der Waals surface area contributed by atoms with Crippen molar-refractivity contribution in [3.8, 4) is 0 Å². The molecule has 0 fully saturated rings. The molecule has 0 saturated carbocycles. The molecule has 35 heavy (non-hydrogen) atoms. The van der Waals surface area contributed by atoms with Crippen molar-refractivity contribution in [1.29, 1.82) is 0 Å². The highest BCUT2D eigenvalue weighted by atomic mass is 19.4. The van der Waals surface area contributed by atoms with Gasteiger partial charge < -0.3 is 10.6 Å². The summed E-state index contributed by atoms with van der Waals surface area (Å²) in [4.78, 5) is 24.9. The molecule has 1 amide bonds. The molecule has 0 aliphatic rings. The van der Waals surface area contributed by atoms with Crippen LogP contribution in [0.5, 0.6) is 0 Å². The Morgan fingerprint density at radius 3 is 2.57 bits per heavy atom. The van der Waals surface area contributed by atoms with Crippen LogP contribution in [0.25, 0.3) is 11.2 Å². The van der Waals surface area contributed by atoms with E-state index in [4.69, 9.17) is 0 Å². The van der Waals surface area contributed by atoms with Gasteiger partial charge in [0, 0.05) is 18.4 Å². The molecule has 0 spiro atoms. The summed E-state index contributed by atoms with van der Waals surface area (Å²) in [6, 6.07) is 7.22. The number of benzene rings is 1. The summed E-state index contributed by atoms with van der Waals surface area (Å²) in [6.07, 6.45) is 0.606. The summed E-state index contributed by atoms with van der Waals surface area (Å²) in [6.45, 7) is 6.70. The number of halogens is 3. The molecule has 3 heterocycles. The Hall–Kier alpha value is -4.02. The number of alkyl halides is 3. The summed E-state index contributed by atoms with van der Waals surface area (Å²) >= 11 is 0. The highest BCUT2D eigenvalue weighted by Crippen LogP contribution is 2.28. The van der Waals surface area contributed by atoms with E-state index in [0.29, 0.717) is 22.7 Å². The van der Waals surface area contributed by atoms with Crippen molar-refractivity contribution < 1.29 is 18.0 Å². The van der Waals surface area contributed by atoms with Crippen LogP contribution in [0.3, 0.4) is 0 Å². The third-order valence-electron chi connectivity index (χ3n) is 5.53. The fraction of sp³-hybridized carbons (Fsp3) is 0.292. The van der Waals surface area contributed by atoms with Crippen LogP contribution in [-0.4, -0.2) is 30.6 Å². The summed E-state index contributed by atoms with van der Waals surface area (Å²) in [7, 11) is 0. The molecule has 4 aromatic rings. The first-order valence-corrected chi connectivity index (χ1v) is 11.1. The molecule has 3 aromatic heterocycles. The number of carbonyl (C=O) groups excluding carboxylic acids is 1. The molecule has 2 N–H and O–H groups in total. The van der Waals surface area contributed by atoms with Gasteiger partial charge in [-0.15, -0.1) is 0 Å². The van der Waals surface area contributed by atoms with Crippen molar-refractivity contribution in [3.63, 3.8) is 0 Å². The van der Waals surface area contributed by atoms with Crippen LogP contribution in [0, 0.1) is 0 Å². The Labute approximate surface area is 199 Å². The lowest BCUT2D eigenvalue weighted by Crippen LogP contribution is -2.15. The van der Waals surface area contributed by atoms with Gasteiger partial charge in [-0.1, -0.05) is 13.0 Å². The van der Waals surface area contributed by atoms with Gasteiger partial charge >= 0.3 is 6.18 Å². The molecule has 0 unspecified atom stereocenters. The van der Waals surface area contributed by atoms with Gasteiger partial charge in [0.05, 0.1) is 24.0 Å². The third kappa shape index (κ3) is 5.39. The number of aromatic nitrogens is 5. The maximum Gasteiger partial charge on any atom is 0.433 e. The van der Waals surface area contributed by atoms with Gasteiger partial charge in [-0.2, -0.15) is 18.3 Å². The molecular formula is C24H24F3N7O. The van der Waals surface area contributed by atoms with E-state index in [-0.39, 0.29) is 11.6 Å². The number of amides is 1. The van der Waals surface area contributed by atoms with Crippen LogP contribution < -0.4 is 10.6 Å². The smallest absolute Gasteiger partial charge is 0.362 e. The van der Waals surface area contributed by atoms with Crippen molar-refractivity contribution in [2.45, 2.75) is 46.0 Å². The molecule has 8 nitrogen and oxygen atoms in total. The summed E-state index contributed by atoms with van der Waals surface area (Å²) in [5, 5.41) is 10.5. The molecular weight excluding hydrogens is 459 g/mol. The predicted octanol–water partition coefficient (Wildman–Crippen LogP) is 5.25. The SMILES string of the molecule is CCc1ccc(NC(=O)c2ccc(C(F)(F)F)nc2)cc1[C@H](C)Nc1cnc2cn(CC)nc2n1. The molecule has 0 aliphatic carbocycles. The molecule has 182 valence electrons. The predicted molar refractivity (Wildman–Crippen MR) is 126 cm³/mol. The Morgan fingerprint density at radius 2 is 1.91 bits per heavy atom. The molecule has 0 saturated heterocycles. The second-order valence-corrected chi connectivity index (χ2v) is 7.97. The fourth-order valence-corrected chi connectivity index (χ4v) is 3.67. The number of rotatable bonds is 7. The Morgan fingerprint density at radius 1 is 1.11 bits per heavy atom. The Kier molecular flexibility index (Phi) is 6.68. The topological polar surface area (TPSA) is 97.6 Å². The third-order valence-corrected chi connectivity index (χ3v) is 5.53. The molecule has 0 aliphatic heterocycles. The van der Waals surface area contributed by atoms with E-state index in [0.717, 1.165) is 42.4 Å². The zero-order valence-electron chi connectivity index (χ0n) is 19.4. The number of carbonyl (C=O) groups is 1. The minimum Gasteiger partial charge on any atom is -0.362 e. The minimum absolute atomic E-state index is 0.0281. The first-order valence-electron chi connectivity index (χ1n) is 11.1. The zero-order valence-corrected chi connectivity index (χ0v) is 19.4. The van der Waals surface area contributed by atoms with E-state index < -0.39 is 17.8 Å². The van der Waals surface area contributed by atoms with Gasteiger partial charge in [0.2, 0.25) is 5.65 Å². The van der Waals surface area contributed by atoms with Crippen LogP contribution in [-0.2, 0) is 19.1 Å². The van der Waals surface area contributed by atoms with E-state index in [9.17, 15) is 18.0 Å². The number of fused-ring (bicyclic) bond motifs is 1. The summed E-state index contributed by atoms with van der Waals surface area (Å²) in [5.41, 5.74) is 2.76. The number of aryl methyl sites for hydroxylation is 2. The van der Waals surface area contributed by atoms with Crippen molar-refractivity contribution in [2.75, 3.05) is 10.6 Å². The lowest BCUT2D eigenvalue weighted by atomic mass is 9.98. The number of nitrogens with zero attached hydrogens (tertiary/aromatic N) is 5. The van der Waals surface area contributed by atoms with Gasteiger partial charge in [-0.25, -0.2) is 9.97 Å². The molecule has 1 aromatic carbocycles. The summed E-state index contributed by atoms with van der Waals surface area (Å²) in [5.74, 6) is 0.0172. The average molecular weight is 483 g/mol. The number of hydrogen-bond acceptors (Lipinski definition) is 6. The lowest BCUT2D eigenvalue weighted by Gasteiger charge is -2.19. The molecule has 0 radical (unpaired) electrons. The summed E-state index contributed by atoms with van der Waals surface area (Å²) < 4.78 is 40.0. The van der Waals surface area contributed by atoms with Crippen molar-refractivity contribution in [1.82, 2.24) is 24.7 Å². The van der Waals surface area contributed by atoms with Gasteiger partial charge in [-0.05, 0) is 55.7 Å². The number of hydrogen-bond donors (Lipinski definition) is 2. The number of anilines is 2. The largest absolute Gasteiger partial charge is 0.433 e. The molecule has 4 rings (SSSR count). The Balaban J connectivity index is 1.52. The van der Waals surface area contributed by atoms with E-state index in [1.807, 2.05) is 39.1 Å². The van der Waals surface area contributed by atoms with Gasteiger partial charge in [0.15, 0.2) is 0 Å². The second kappa shape index (κ2) is 9.69. The standard InChI is InChI=1S/C24H24F3N7O/c1-4-15-6-8-17(31-23(35)16-7-9-20(29-11-16)24(25,26)27)10-18(15)14(3)30-21-12-28-19-13-34(5-2)33-22(19)32-21/h6-14H,4-5H2,1-3H3,(H,31,35)(H,30,32,33)/t14-/m0/s1. The quantitative estimate of drug-likeness (QED) is 0.373. The second-order valence-electron chi connectivity index (χ2n) is 7.97. The first-order chi connectivity index (χ1) is 16.7. The number of pyridine rings is 1. The lowest BCUT2D eigenvalue weighted by molar-refractivity contribution is -0.141. The highest BCUT2D eigenvalue weighted by Gasteiger charge is 2.32. The van der Waals surface area contributed by atoms with Crippen molar-refractivity contribution in [3.05, 3.63) is 71.3 Å². The maximum absolute atomic E-state index is 12.7. The van der Waals surface area contributed by atoms with Crippen molar-refractivity contribution in [2.24, 2.45) is 0 Å². The molecule has 11 heteroatoms. The normalized spacial score (nSPS) is 12.5. The Bertz CT molecular complexity index is 1350. The van der Waals surface area contributed by atoms with Gasteiger partial charge in [0.25, 0.3) is 5.91 Å². The zero-order chi connectivity index (χ0) is 25.2. The highest BCUT2D eigenvalue weighted by molar-refractivity contribution is 6.04. The molecule has 1 atom stereocenters. The monoisotopic (exact) mass is 483 g/mol. The van der Waals surface area contributed by atoms with Crippen LogP contribution in [0.2, 0.25) is 0 Å². The van der Waals surface area contributed by atoms with Gasteiger partial charge in [-0.3, -0.25) is 14.5 Å². The van der Waals surface area contributed by atoms with Crippen LogP contribution in [0.15, 0.2) is 48.9 Å². The van der Waals surface area contributed by atoms with Crippen LogP contribution in [0.1, 0.15) is 54.0 Å². The first kappa shape index (κ1) is 24.1. The maximum atomic E-state index is 12.7. The van der Waals surface area contributed by atoms with Crippen molar-refractivity contribution >= 4 is 28.6 Å². The van der Waals surface area contributed by atoms with E-state index in [2.05, 4.69) is 30.7 Å². The van der Waals surface area contributed by atoms with E-state index in [1.54, 1.807) is 16.9 Å². The van der Waals surface area contributed by atoms with Gasteiger partial charge in [0.1, 0.15) is 17.0 Å². The van der Waals surface area contributed by atoms with E-state index in [1.165, 1.54) is 0 Å². The van der Waals surface area contributed by atoms with Crippen LogP contribution in [0.4, 0.5) is 24.7 Å². The van der Waals surface area contributed by atoms with Crippen LogP contribution >= 0.6 is 0 Å². The molecule has 0 bridgehead atoms. The average Bonchev–Trinajstić information content (AvgIpc) is 3.26. The fourth-order valence-electron chi connectivity index (χ4n) is 3.67. The van der Waals surface area contributed by atoms with E-state index >= 15 is 0 Å². The minimum atomic E-state index is -4.56.